The van der Waals surface area contributed by atoms with Crippen LogP contribution in [0.15, 0.2) is 94.8 Å². The molecule has 4 nitrogen and oxygen atoms in total. The van der Waals surface area contributed by atoms with E-state index in [4.69, 9.17) is 9.47 Å². The zero-order valence-electron chi connectivity index (χ0n) is 20.5. The number of hydrogen-bond donors (Lipinski definition) is 2. The molecule has 4 heteroatoms. The first-order chi connectivity index (χ1) is 15.9. The lowest BCUT2D eigenvalue weighted by atomic mass is 9.96. The average Bonchev–Trinajstić information content (AvgIpc) is 2.80. The largest absolute Gasteiger partial charge is 0.508 e. The average molecular weight is 451 g/mol. The van der Waals surface area contributed by atoms with Crippen molar-refractivity contribution in [2.75, 3.05) is 13.7 Å². The van der Waals surface area contributed by atoms with Crippen LogP contribution in [0.1, 0.15) is 46.1 Å². The van der Waals surface area contributed by atoms with Gasteiger partial charge in [0.1, 0.15) is 11.5 Å². The first-order valence-electron chi connectivity index (χ1n) is 11.5. The van der Waals surface area contributed by atoms with Crippen molar-refractivity contribution in [2.24, 2.45) is 5.92 Å². The SMILES string of the molecule is C/C=C/C1=C(C)/C=C/C(CO)=C/[C@@H](OCc2ccc(OC)cc2)CCC(C)\C=C(O)/C=C\1C. The summed E-state index contributed by atoms with van der Waals surface area (Å²) in [6.07, 6.45) is 15.2. The highest BCUT2D eigenvalue weighted by molar-refractivity contribution is 5.48. The first-order valence-corrected chi connectivity index (χ1v) is 11.5. The number of ether oxygens (including phenoxy) is 2. The number of aliphatic hydroxyl groups excluding tert-OH is 2. The van der Waals surface area contributed by atoms with Gasteiger partial charge in [0.05, 0.1) is 26.4 Å². The molecule has 0 aromatic heterocycles. The van der Waals surface area contributed by atoms with Crippen molar-refractivity contribution in [1.82, 2.24) is 0 Å². The summed E-state index contributed by atoms with van der Waals surface area (Å²) in [5.74, 6) is 1.27. The number of benzene rings is 1. The quantitative estimate of drug-likeness (QED) is 0.502. The molecular weight excluding hydrogens is 412 g/mol. The Morgan fingerprint density at radius 2 is 1.79 bits per heavy atom. The van der Waals surface area contributed by atoms with Crippen molar-refractivity contribution < 1.29 is 19.7 Å². The number of hydrogen-bond acceptors (Lipinski definition) is 4. The summed E-state index contributed by atoms with van der Waals surface area (Å²) in [6.45, 7) is 8.51. The third-order valence-corrected chi connectivity index (χ3v) is 5.66. The highest BCUT2D eigenvalue weighted by Gasteiger charge is 2.12. The standard InChI is InChI=1S/C29H38O4/c1-6-7-29-22(3)9-10-25(19-30)18-28(13-8-21(2)16-26(31)17-23(29)4)33-20-24-11-14-27(32-5)15-12-24/h6-7,9-12,14-18,21,28,30-31H,8,13,19-20H2,1-5H3/b7-6+,10-9+,23-17-,25-18-,26-16+,29-22-/t21?,28-/m0/s1. The van der Waals surface area contributed by atoms with Crippen molar-refractivity contribution in [2.45, 2.75) is 53.2 Å². The van der Waals surface area contributed by atoms with Crippen LogP contribution in [0.3, 0.4) is 0 Å². The van der Waals surface area contributed by atoms with Gasteiger partial charge in [-0.05, 0) is 91.7 Å². The predicted octanol–water partition coefficient (Wildman–Crippen LogP) is 6.77. The molecule has 2 rings (SSSR count). The molecule has 2 atom stereocenters. The predicted molar refractivity (Wildman–Crippen MR) is 136 cm³/mol. The zero-order chi connectivity index (χ0) is 24.2. The molecule has 0 heterocycles. The van der Waals surface area contributed by atoms with Crippen LogP contribution < -0.4 is 4.74 Å². The Labute approximate surface area is 198 Å². The van der Waals surface area contributed by atoms with Crippen LogP contribution in [0.25, 0.3) is 0 Å². The molecule has 1 unspecified atom stereocenters. The molecule has 0 saturated heterocycles. The molecule has 1 aliphatic rings. The normalized spacial score (nSPS) is 28.7. The van der Waals surface area contributed by atoms with Gasteiger partial charge in [-0.1, -0.05) is 49.4 Å². The van der Waals surface area contributed by atoms with E-state index < -0.39 is 0 Å². The van der Waals surface area contributed by atoms with Crippen LogP contribution in [0, 0.1) is 5.92 Å². The summed E-state index contributed by atoms with van der Waals surface area (Å²) in [7, 11) is 1.65. The fraction of sp³-hybridized carbons (Fsp3) is 0.379. The summed E-state index contributed by atoms with van der Waals surface area (Å²) in [4.78, 5) is 0. The van der Waals surface area contributed by atoms with Gasteiger partial charge in [-0.25, -0.2) is 0 Å². The molecule has 2 N–H and O–H groups in total. The summed E-state index contributed by atoms with van der Waals surface area (Å²) < 4.78 is 11.5. The molecule has 1 aromatic rings. The molecule has 33 heavy (non-hydrogen) atoms. The van der Waals surface area contributed by atoms with E-state index in [1.807, 2.05) is 87.6 Å². The first kappa shape index (κ1) is 26.4. The summed E-state index contributed by atoms with van der Waals surface area (Å²) in [5, 5.41) is 20.5. The minimum Gasteiger partial charge on any atom is -0.508 e. The maximum Gasteiger partial charge on any atom is 0.118 e. The second-order valence-corrected chi connectivity index (χ2v) is 8.50. The highest BCUT2D eigenvalue weighted by atomic mass is 16.5. The molecule has 0 radical (unpaired) electrons. The fourth-order valence-corrected chi connectivity index (χ4v) is 3.75. The smallest absolute Gasteiger partial charge is 0.118 e. The highest BCUT2D eigenvalue weighted by Crippen LogP contribution is 2.23. The van der Waals surface area contributed by atoms with Crippen molar-refractivity contribution in [3.05, 3.63) is 100 Å². The van der Waals surface area contributed by atoms with Crippen molar-refractivity contribution >= 4 is 0 Å². The van der Waals surface area contributed by atoms with Gasteiger partial charge in [0.15, 0.2) is 0 Å². The van der Waals surface area contributed by atoms with E-state index in [1.165, 1.54) is 0 Å². The number of allylic oxidation sites excluding steroid dienone is 8. The molecule has 1 aliphatic carbocycles. The third kappa shape index (κ3) is 8.91. The lowest BCUT2D eigenvalue weighted by Gasteiger charge is -2.18. The van der Waals surface area contributed by atoms with Gasteiger partial charge in [0, 0.05) is 0 Å². The van der Waals surface area contributed by atoms with Gasteiger partial charge in [-0.3, -0.25) is 0 Å². The van der Waals surface area contributed by atoms with E-state index in [1.54, 1.807) is 7.11 Å². The monoisotopic (exact) mass is 450 g/mol. The van der Waals surface area contributed by atoms with E-state index in [-0.39, 0.29) is 24.4 Å². The Bertz CT molecular complexity index is 942. The van der Waals surface area contributed by atoms with E-state index in [0.29, 0.717) is 6.61 Å². The molecule has 0 saturated carbocycles. The Morgan fingerprint density at radius 1 is 1.06 bits per heavy atom. The van der Waals surface area contributed by atoms with Gasteiger partial charge in [0.2, 0.25) is 0 Å². The summed E-state index contributed by atoms with van der Waals surface area (Å²) in [5.41, 5.74) is 4.96. The third-order valence-electron chi connectivity index (χ3n) is 5.66. The Kier molecular flexibility index (Phi) is 10.9. The van der Waals surface area contributed by atoms with Crippen molar-refractivity contribution in [3.63, 3.8) is 0 Å². The number of rotatable bonds is 6. The second kappa shape index (κ2) is 13.7. The van der Waals surface area contributed by atoms with Crippen molar-refractivity contribution in [1.29, 1.82) is 0 Å². The van der Waals surface area contributed by atoms with E-state index in [9.17, 15) is 10.2 Å². The minimum atomic E-state index is -0.156. The Hall–Kier alpha value is -2.82. The molecule has 1 aromatic carbocycles. The van der Waals surface area contributed by atoms with Gasteiger partial charge >= 0.3 is 0 Å². The summed E-state index contributed by atoms with van der Waals surface area (Å²) >= 11 is 0. The minimum absolute atomic E-state index is 0.0593. The topological polar surface area (TPSA) is 58.9 Å². The van der Waals surface area contributed by atoms with Crippen LogP contribution in [-0.2, 0) is 11.3 Å². The van der Waals surface area contributed by atoms with Crippen LogP contribution in [-0.4, -0.2) is 30.0 Å². The molecule has 0 aliphatic heterocycles. The summed E-state index contributed by atoms with van der Waals surface area (Å²) in [6, 6.07) is 7.83. The maximum atomic E-state index is 10.5. The maximum absolute atomic E-state index is 10.5. The van der Waals surface area contributed by atoms with E-state index >= 15 is 0 Å². The van der Waals surface area contributed by atoms with Crippen LogP contribution in [0.4, 0.5) is 0 Å². The Morgan fingerprint density at radius 3 is 2.42 bits per heavy atom. The molecule has 0 fully saturated rings. The van der Waals surface area contributed by atoms with Gasteiger partial charge in [-0.2, -0.15) is 0 Å². The van der Waals surface area contributed by atoms with Crippen LogP contribution in [0.2, 0.25) is 0 Å². The molecular formula is C29H38O4. The molecule has 178 valence electrons. The van der Waals surface area contributed by atoms with Gasteiger partial charge in [0.25, 0.3) is 0 Å². The number of methoxy groups -OCH3 is 1. The molecule has 0 amide bonds. The van der Waals surface area contributed by atoms with Crippen molar-refractivity contribution in [3.8, 4) is 5.75 Å². The van der Waals surface area contributed by atoms with Crippen LogP contribution in [0.5, 0.6) is 5.75 Å². The number of aliphatic hydroxyl groups is 2. The van der Waals surface area contributed by atoms with Crippen LogP contribution >= 0.6 is 0 Å². The zero-order valence-corrected chi connectivity index (χ0v) is 20.5. The van der Waals surface area contributed by atoms with E-state index in [2.05, 4.69) is 6.92 Å². The van der Waals surface area contributed by atoms with E-state index in [0.717, 1.165) is 46.4 Å². The molecule has 0 spiro atoms. The Balaban J connectivity index is 2.36. The lowest BCUT2D eigenvalue weighted by Crippen LogP contribution is -2.13. The van der Waals surface area contributed by atoms with Gasteiger partial charge < -0.3 is 19.7 Å². The fourth-order valence-electron chi connectivity index (χ4n) is 3.75. The van der Waals surface area contributed by atoms with Gasteiger partial charge in [-0.15, -0.1) is 0 Å². The molecule has 0 bridgehead atoms. The lowest BCUT2D eigenvalue weighted by molar-refractivity contribution is 0.0627. The second-order valence-electron chi connectivity index (χ2n) is 8.50.